The lowest BCUT2D eigenvalue weighted by molar-refractivity contribution is -0.145. The van der Waals surface area contributed by atoms with E-state index >= 15 is 0 Å². The van der Waals surface area contributed by atoms with Crippen LogP contribution in [0.15, 0.2) is 35.2 Å². The minimum atomic E-state index is -3.59. The Balaban J connectivity index is 2.02. The van der Waals surface area contributed by atoms with Crippen LogP contribution >= 0.6 is 0 Å². The van der Waals surface area contributed by atoms with Crippen LogP contribution in [0, 0.1) is 0 Å². The Labute approximate surface area is 145 Å². The Morgan fingerprint density at radius 1 is 1.32 bits per heavy atom. The normalized spacial score (nSPS) is 18.3. The van der Waals surface area contributed by atoms with Crippen molar-refractivity contribution in [1.82, 2.24) is 10.6 Å². The minimum Gasteiger partial charge on any atom is -0.467 e. The van der Waals surface area contributed by atoms with Crippen LogP contribution in [0.3, 0.4) is 0 Å². The Bertz CT molecular complexity index is 747. The van der Waals surface area contributed by atoms with Gasteiger partial charge in [-0.2, -0.15) is 0 Å². The molecular weight excluding hydrogens is 348 g/mol. The van der Waals surface area contributed by atoms with Crippen molar-refractivity contribution in [2.45, 2.75) is 36.2 Å². The molecule has 1 aliphatic rings. The fourth-order valence-electron chi connectivity index (χ4n) is 2.49. The number of benzene rings is 1. The van der Waals surface area contributed by atoms with Crippen LogP contribution in [0.5, 0.6) is 0 Å². The number of carbonyl (C=O) groups excluding carboxylic acids is 3. The van der Waals surface area contributed by atoms with Gasteiger partial charge in [0.2, 0.25) is 11.8 Å². The summed E-state index contributed by atoms with van der Waals surface area (Å²) in [5, 5.41) is 4.95. The highest BCUT2D eigenvalue weighted by molar-refractivity contribution is 7.91. The van der Waals surface area contributed by atoms with E-state index in [1.807, 2.05) is 0 Å². The first-order valence-electron chi connectivity index (χ1n) is 7.79. The number of nitrogens with one attached hydrogen (secondary N) is 2. The van der Waals surface area contributed by atoms with Crippen LogP contribution in [-0.2, 0) is 29.0 Å². The summed E-state index contributed by atoms with van der Waals surface area (Å²) in [7, 11) is -2.43. The van der Waals surface area contributed by atoms with Gasteiger partial charge in [0.25, 0.3) is 0 Å². The molecule has 1 saturated heterocycles. The quantitative estimate of drug-likeness (QED) is 0.643. The average molecular weight is 368 g/mol. The molecule has 0 saturated carbocycles. The van der Waals surface area contributed by atoms with E-state index in [0.29, 0.717) is 6.42 Å². The first kappa shape index (κ1) is 18.9. The third-order valence-electron chi connectivity index (χ3n) is 3.89. The summed E-state index contributed by atoms with van der Waals surface area (Å²) in [6.07, 6.45) is 0.445. The maximum atomic E-state index is 12.3. The van der Waals surface area contributed by atoms with E-state index in [-0.39, 0.29) is 29.4 Å². The molecule has 1 aromatic carbocycles. The summed E-state index contributed by atoms with van der Waals surface area (Å²) >= 11 is 0. The van der Waals surface area contributed by atoms with Gasteiger partial charge in [-0.15, -0.1) is 0 Å². The SMILES string of the molecule is COC(=O)[C@@H](CCS(=O)(=O)c1ccccc1)NC(=O)[C@@H]1CCC(=O)N1. The van der Waals surface area contributed by atoms with E-state index in [4.69, 9.17) is 0 Å². The molecule has 0 bridgehead atoms. The lowest BCUT2D eigenvalue weighted by Gasteiger charge is -2.19. The van der Waals surface area contributed by atoms with Crippen LogP contribution in [0.2, 0.25) is 0 Å². The smallest absolute Gasteiger partial charge is 0.328 e. The lowest BCUT2D eigenvalue weighted by Crippen LogP contribution is -2.49. The van der Waals surface area contributed by atoms with Gasteiger partial charge in [0, 0.05) is 6.42 Å². The number of sulfone groups is 1. The average Bonchev–Trinajstić information content (AvgIpc) is 3.05. The number of amides is 2. The molecule has 0 radical (unpaired) electrons. The summed E-state index contributed by atoms with van der Waals surface area (Å²) in [4.78, 5) is 35.3. The van der Waals surface area contributed by atoms with E-state index in [9.17, 15) is 22.8 Å². The zero-order valence-corrected chi connectivity index (χ0v) is 14.5. The van der Waals surface area contributed by atoms with Gasteiger partial charge >= 0.3 is 5.97 Å². The number of ether oxygens (including phenoxy) is 1. The van der Waals surface area contributed by atoms with Crippen molar-refractivity contribution in [3.63, 3.8) is 0 Å². The molecule has 2 atom stereocenters. The fourth-order valence-corrected chi connectivity index (χ4v) is 3.85. The van der Waals surface area contributed by atoms with Crippen molar-refractivity contribution in [1.29, 1.82) is 0 Å². The zero-order valence-electron chi connectivity index (χ0n) is 13.7. The fraction of sp³-hybridized carbons (Fsp3) is 0.438. The standard InChI is InChI=1S/C16H20N2O6S/c1-24-16(21)13(18-15(20)12-7-8-14(19)17-12)9-10-25(22,23)11-5-3-2-4-6-11/h2-6,12-13H,7-10H2,1H3,(H,17,19)(H,18,20)/t12-,13+/m0/s1. The molecule has 0 unspecified atom stereocenters. The van der Waals surface area contributed by atoms with Crippen molar-refractivity contribution in [3.05, 3.63) is 30.3 Å². The van der Waals surface area contributed by atoms with E-state index in [1.165, 1.54) is 12.1 Å². The van der Waals surface area contributed by atoms with E-state index in [0.717, 1.165) is 7.11 Å². The molecule has 2 rings (SSSR count). The van der Waals surface area contributed by atoms with Crippen LogP contribution in [0.25, 0.3) is 0 Å². The minimum absolute atomic E-state index is 0.129. The number of methoxy groups -OCH3 is 1. The second-order valence-corrected chi connectivity index (χ2v) is 7.77. The van der Waals surface area contributed by atoms with Crippen LogP contribution in [-0.4, -0.2) is 51.1 Å². The van der Waals surface area contributed by atoms with Crippen LogP contribution < -0.4 is 10.6 Å². The predicted molar refractivity (Wildman–Crippen MR) is 88.2 cm³/mol. The van der Waals surface area contributed by atoms with E-state index in [2.05, 4.69) is 15.4 Å². The van der Waals surface area contributed by atoms with Gasteiger partial charge in [-0.25, -0.2) is 13.2 Å². The van der Waals surface area contributed by atoms with Gasteiger partial charge < -0.3 is 15.4 Å². The Morgan fingerprint density at radius 3 is 2.56 bits per heavy atom. The second-order valence-electron chi connectivity index (χ2n) is 5.66. The largest absolute Gasteiger partial charge is 0.467 e. The number of hydrogen-bond acceptors (Lipinski definition) is 6. The molecule has 0 spiro atoms. The van der Waals surface area contributed by atoms with Gasteiger partial charge in [-0.05, 0) is 25.0 Å². The number of esters is 1. The van der Waals surface area contributed by atoms with Crippen LogP contribution in [0.4, 0.5) is 0 Å². The highest BCUT2D eigenvalue weighted by Crippen LogP contribution is 2.13. The molecule has 2 amide bonds. The van der Waals surface area contributed by atoms with Crippen LogP contribution in [0.1, 0.15) is 19.3 Å². The molecule has 1 aliphatic heterocycles. The number of rotatable bonds is 7. The topological polar surface area (TPSA) is 119 Å². The van der Waals surface area contributed by atoms with E-state index in [1.54, 1.807) is 18.2 Å². The Hall–Kier alpha value is -2.42. The zero-order chi connectivity index (χ0) is 18.4. The molecule has 0 aromatic heterocycles. The highest BCUT2D eigenvalue weighted by atomic mass is 32.2. The summed E-state index contributed by atoms with van der Waals surface area (Å²) in [5.41, 5.74) is 0. The molecule has 0 aliphatic carbocycles. The summed E-state index contributed by atoms with van der Waals surface area (Å²) in [5.74, 6) is -1.82. The van der Waals surface area contributed by atoms with Gasteiger partial charge in [-0.1, -0.05) is 18.2 Å². The third kappa shape index (κ3) is 5.02. The number of hydrogen-bond donors (Lipinski definition) is 2. The first-order chi connectivity index (χ1) is 11.8. The molecular formula is C16H20N2O6S. The van der Waals surface area contributed by atoms with Crippen molar-refractivity contribution >= 4 is 27.6 Å². The molecule has 2 N–H and O–H groups in total. The monoisotopic (exact) mass is 368 g/mol. The van der Waals surface area contributed by atoms with Gasteiger partial charge in [0.15, 0.2) is 9.84 Å². The van der Waals surface area contributed by atoms with Gasteiger partial charge in [0.05, 0.1) is 17.8 Å². The molecule has 8 nitrogen and oxygen atoms in total. The molecule has 1 aromatic rings. The Morgan fingerprint density at radius 2 is 2.00 bits per heavy atom. The maximum Gasteiger partial charge on any atom is 0.328 e. The van der Waals surface area contributed by atoms with Gasteiger partial charge in [0.1, 0.15) is 12.1 Å². The molecule has 25 heavy (non-hydrogen) atoms. The molecule has 1 heterocycles. The van der Waals surface area contributed by atoms with Crippen molar-refractivity contribution < 1.29 is 27.5 Å². The second kappa shape index (κ2) is 8.11. The first-order valence-corrected chi connectivity index (χ1v) is 9.44. The Kier molecular flexibility index (Phi) is 6.13. The maximum absolute atomic E-state index is 12.3. The number of carbonyl (C=O) groups is 3. The summed E-state index contributed by atoms with van der Waals surface area (Å²) in [6, 6.07) is 6.03. The predicted octanol–water partition coefficient (Wildman–Crippen LogP) is -0.213. The summed E-state index contributed by atoms with van der Waals surface area (Å²) in [6.45, 7) is 0. The van der Waals surface area contributed by atoms with Crippen molar-refractivity contribution in [2.24, 2.45) is 0 Å². The third-order valence-corrected chi connectivity index (χ3v) is 5.66. The van der Waals surface area contributed by atoms with Crippen molar-refractivity contribution in [2.75, 3.05) is 12.9 Å². The molecule has 1 fully saturated rings. The van der Waals surface area contributed by atoms with Gasteiger partial charge in [-0.3, -0.25) is 9.59 Å². The lowest BCUT2D eigenvalue weighted by atomic mass is 10.1. The van der Waals surface area contributed by atoms with Crippen molar-refractivity contribution in [3.8, 4) is 0 Å². The molecule has 136 valence electrons. The molecule has 9 heteroatoms. The highest BCUT2D eigenvalue weighted by Gasteiger charge is 2.31. The summed E-state index contributed by atoms with van der Waals surface area (Å²) < 4.78 is 29.3. The van der Waals surface area contributed by atoms with E-state index < -0.39 is 33.8 Å².